The van der Waals surface area contributed by atoms with Crippen LogP contribution in [0.4, 0.5) is 11.4 Å². The number of nitrogens with one attached hydrogen (secondary N) is 2. The molecule has 0 fully saturated rings. The summed E-state index contributed by atoms with van der Waals surface area (Å²) in [5, 5.41) is 6.88. The second kappa shape index (κ2) is 10.0. The van der Waals surface area contributed by atoms with Crippen molar-refractivity contribution >= 4 is 58.0 Å². The SMILES string of the molecule is O=C(NC(=Nc1c(Cl)cc(Cl)cc1Cl)Nc1ccc(C2C=CC=C2)cc1)c1ccccc1. The molecule has 0 atom stereocenters. The van der Waals surface area contributed by atoms with Crippen molar-refractivity contribution in [1.82, 2.24) is 5.32 Å². The highest BCUT2D eigenvalue weighted by molar-refractivity contribution is 6.41. The summed E-state index contributed by atoms with van der Waals surface area (Å²) >= 11 is 18.6. The molecular formula is C25H18Cl3N3O. The summed E-state index contributed by atoms with van der Waals surface area (Å²) in [7, 11) is 0. The van der Waals surface area contributed by atoms with Gasteiger partial charge in [-0.3, -0.25) is 10.1 Å². The van der Waals surface area contributed by atoms with Gasteiger partial charge in [-0.05, 0) is 42.0 Å². The van der Waals surface area contributed by atoms with Crippen LogP contribution in [0.15, 0.2) is 96.0 Å². The monoisotopic (exact) mass is 481 g/mol. The molecule has 0 saturated carbocycles. The minimum atomic E-state index is -0.323. The first kappa shape index (κ1) is 22.2. The molecule has 3 aromatic carbocycles. The first-order valence-corrected chi connectivity index (χ1v) is 10.9. The topological polar surface area (TPSA) is 53.5 Å². The second-order valence-electron chi connectivity index (χ2n) is 7.04. The minimum Gasteiger partial charge on any atom is -0.326 e. The normalized spacial score (nSPS) is 13.4. The van der Waals surface area contributed by atoms with Crippen LogP contribution in [0.3, 0.4) is 0 Å². The second-order valence-corrected chi connectivity index (χ2v) is 8.29. The van der Waals surface area contributed by atoms with Crippen LogP contribution >= 0.6 is 34.8 Å². The number of anilines is 1. The highest BCUT2D eigenvalue weighted by atomic mass is 35.5. The number of benzene rings is 3. The third kappa shape index (κ3) is 5.40. The zero-order chi connectivity index (χ0) is 22.5. The fourth-order valence-corrected chi connectivity index (χ4v) is 4.09. The van der Waals surface area contributed by atoms with E-state index in [1.165, 1.54) is 0 Å². The molecule has 4 nitrogen and oxygen atoms in total. The molecule has 32 heavy (non-hydrogen) atoms. The summed E-state index contributed by atoms with van der Waals surface area (Å²) in [4.78, 5) is 17.2. The first-order valence-electron chi connectivity index (χ1n) is 9.81. The Morgan fingerprint density at radius 1 is 0.844 bits per heavy atom. The lowest BCUT2D eigenvalue weighted by Crippen LogP contribution is -2.35. The smallest absolute Gasteiger partial charge is 0.257 e. The van der Waals surface area contributed by atoms with Crippen LogP contribution in [0.1, 0.15) is 21.8 Å². The van der Waals surface area contributed by atoms with Crippen molar-refractivity contribution in [2.24, 2.45) is 4.99 Å². The average Bonchev–Trinajstić information content (AvgIpc) is 3.32. The molecule has 1 amide bonds. The van der Waals surface area contributed by atoms with E-state index in [9.17, 15) is 4.79 Å². The van der Waals surface area contributed by atoms with Gasteiger partial charge >= 0.3 is 0 Å². The fourth-order valence-electron chi connectivity index (χ4n) is 3.19. The summed E-state index contributed by atoms with van der Waals surface area (Å²) in [5.74, 6) is 0.121. The summed E-state index contributed by atoms with van der Waals surface area (Å²) in [6.45, 7) is 0. The van der Waals surface area contributed by atoms with E-state index in [1.807, 2.05) is 42.5 Å². The van der Waals surface area contributed by atoms with E-state index in [4.69, 9.17) is 34.8 Å². The predicted molar refractivity (Wildman–Crippen MR) is 134 cm³/mol. The highest BCUT2D eigenvalue weighted by Gasteiger charge is 2.13. The number of carbonyl (C=O) groups is 1. The van der Waals surface area contributed by atoms with E-state index in [0.29, 0.717) is 16.3 Å². The van der Waals surface area contributed by atoms with Gasteiger partial charge in [0.1, 0.15) is 5.69 Å². The zero-order valence-corrected chi connectivity index (χ0v) is 19.0. The van der Waals surface area contributed by atoms with E-state index in [0.717, 1.165) is 11.3 Å². The number of rotatable bonds is 4. The van der Waals surface area contributed by atoms with Crippen molar-refractivity contribution in [3.8, 4) is 0 Å². The van der Waals surface area contributed by atoms with Gasteiger partial charge in [0.15, 0.2) is 0 Å². The Morgan fingerprint density at radius 2 is 1.47 bits per heavy atom. The van der Waals surface area contributed by atoms with Gasteiger partial charge < -0.3 is 5.32 Å². The molecule has 2 N–H and O–H groups in total. The lowest BCUT2D eigenvalue weighted by atomic mass is 10.0. The van der Waals surface area contributed by atoms with Crippen LogP contribution < -0.4 is 10.6 Å². The number of allylic oxidation sites excluding steroid dienone is 4. The Kier molecular flexibility index (Phi) is 6.96. The summed E-state index contributed by atoms with van der Waals surface area (Å²) in [6, 6.07) is 19.8. The Hall–Kier alpha value is -3.05. The van der Waals surface area contributed by atoms with Crippen LogP contribution in [0.25, 0.3) is 0 Å². The van der Waals surface area contributed by atoms with E-state index < -0.39 is 0 Å². The number of hydrogen-bond donors (Lipinski definition) is 2. The molecule has 4 rings (SSSR count). The standard InChI is InChI=1S/C25H18Cl3N3O/c26-19-14-21(27)23(22(28)15-19)30-25(31-24(32)18-8-2-1-3-9-18)29-20-12-10-17(11-13-20)16-6-4-5-7-16/h1-16H,(H2,29,30,31,32). The largest absolute Gasteiger partial charge is 0.326 e. The predicted octanol–water partition coefficient (Wildman–Crippen LogP) is 7.39. The minimum absolute atomic E-state index is 0.179. The molecule has 7 heteroatoms. The molecule has 0 aliphatic heterocycles. The molecule has 160 valence electrons. The van der Waals surface area contributed by atoms with E-state index >= 15 is 0 Å². The van der Waals surface area contributed by atoms with Crippen LogP contribution in [-0.4, -0.2) is 11.9 Å². The number of guanidine groups is 1. The molecule has 0 unspecified atom stereocenters. The quantitative estimate of drug-likeness (QED) is 0.301. The first-order chi connectivity index (χ1) is 15.5. The number of carbonyl (C=O) groups excluding carboxylic acids is 1. The maximum Gasteiger partial charge on any atom is 0.257 e. The van der Waals surface area contributed by atoms with Gasteiger partial charge in [0.05, 0.1) is 10.0 Å². The molecule has 0 aromatic heterocycles. The van der Waals surface area contributed by atoms with Gasteiger partial charge in [-0.2, -0.15) is 0 Å². The molecule has 0 heterocycles. The van der Waals surface area contributed by atoms with Crippen molar-refractivity contribution in [3.05, 3.63) is 117 Å². The van der Waals surface area contributed by atoms with Crippen LogP contribution in [0, 0.1) is 0 Å². The van der Waals surface area contributed by atoms with Gasteiger partial charge in [-0.15, -0.1) is 0 Å². The maximum atomic E-state index is 12.8. The van der Waals surface area contributed by atoms with Gasteiger partial charge in [-0.25, -0.2) is 4.99 Å². The molecule has 0 radical (unpaired) electrons. The number of halogens is 3. The van der Waals surface area contributed by atoms with Crippen LogP contribution in [-0.2, 0) is 0 Å². The number of aliphatic imine (C=N–C) groups is 1. The van der Waals surface area contributed by atoms with Crippen molar-refractivity contribution in [2.45, 2.75) is 5.92 Å². The zero-order valence-electron chi connectivity index (χ0n) is 16.7. The Labute approximate surface area is 201 Å². The number of amides is 1. The molecule has 0 saturated heterocycles. The van der Waals surface area contributed by atoms with Gasteiger partial charge in [0, 0.05) is 22.2 Å². The van der Waals surface area contributed by atoms with Gasteiger partial charge in [0.25, 0.3) is 5.91 Å². The Bertz CT molecular complexity index is 1180. The van der Waals surface area contributed by atoms with Crippen LogP contribution in [0.2, 0.25) is 15.1 Å². The molecule has 0 bridgehead atoms. The molecule has 0 spiro atoms. The van der Waals surface area contributed by atoms with E-state index in [-0.39, 0.29) is 27.8 Å². The molecule has 1 aliphatic carbocycles. The lowest BCUT2D eigenvalue weighted by Gasteiger charge is -2.14. The average molecular weight is 483 g/mol. The third-order valence-electron chi connectivity index (χ3n) is 4.78. The summed E-state index contributed by atoms with van der Waals surface area (Å²) in [6.07, 6.45) is 8.31. The Morgan fingerprint density at radius 3 is 2.09 bits per heavy atom. The molecular weight excluding hydrogens is 465 g/mol. The van der Waals surface area contributed by atoms with Crippen molar-refractivity contribution < 1.29 is 4.79 Å². The maximum absolute atomic E-state index is 12.8. The Balaban J connectivity index is 1.63. The van der Waals surface area contributed by atoms with Crippen molar-refractivity contribution in [2.75, 3.05) is 5.32 Å². The van der Waals surface area contributed by atoms with Crippen molar-refractivity contribution in [3.63, 3.8) is 0 Å². The van der Waals surface area contributed by atoms with Gasteiger partial charge in [-0.1, -0.05) is 89.4 Å². The lowest BCUT2D eigenvalue weighted by molar-refractivity contribution is 0.0977. The van der Waals surface area contributed by atoms with E-state index in [1.54, 1.807) is 36.4 Å². The van der Waals surface area contributed by atoms with E-state index in [2.05, 4.69) is 27.8 Å². The summed E-state index contributed by atoms with van der Waals surface area (Å²) < 4.78 is 0. The summed E-state index contributed by atoms with van der Waals surface area (Å²) in [5.41, 5.74) is 2.70. The number of hydrogen-bond acceptors (Lipinski definition) is 2. The number of nitrogens with zero attached hydrogens (tertiary/aromatic N) is 1. The van der Waals surface area contributed by atoms with Gasteiger partial charge in [0.2, 0.25) is 5.96 Å². The highest BCUT2D eigenvalue weighted by Crippen LogP contribution is 2.36. The molecule has 1 aliphatic rings. The van der Waals surface area contributed by atoms with Crippen LogP contribution in [0.5, 0.6) is 0 Å². The fraction of sp³-hybridized carbons (Fsp3) is 0.0400. The van der Waals surface area contributed by atoms with Crippen molar-refractivity contribution in [1.29, 1.82) is 0 Å². The molecule has 3 aromatic rings. The third-order valence-corrected chi connectivity index (χ3v) is 5.57.